The summed E-state index contributed by atoms with van der Waals surface area (Å²) in [5.41, 5.74) is 1.67. The number of pyridine rings is 1. The molecule has 0 radical (unpaired) electrons. The minimum absolute atomic E-state index is 0. The highest BCUT2D eigenvalue weighted by atomic mass is 127. The van der Waals surface area contributed by atoms with Crippen LogP contribution < -0.4 is 16.0 Å². The van der Waals surface area contributed by atoms with Crippen LogP contribution in [-0.4, -0.2) is 43.5 Å². The molecule has 0 spiro atoms. The van der Waals surface area contributed by atoms with E-state index in [1.54, 1.807) is 25.4 Å². The van der Waals surface area contributed by atoms with Gasteiger partial charge in [0.05, 0.1) is 0 Å². The SMILES string of the molecule is CN=C(NCCNC(=O)c1cccc(Br)c1)NCCc1ccccn1.I. The van der Waals surface area contributed by atoms with Crippen LogP contribution in [0.25, 0.3) is 0 Å². The summed E-state index contributed by atoms with van der Waals surface area (Å²) in [4.78, 5) is 20.5. The van der Waals surface area contributed by atoms with Crippen molar-refractivity contribution >= 4 is 51.8 Å². The Kier molecular flexibility index (Phi) is 10.9. The molecule has 140 valence electrons. The molecule has 0 aliphatic heterocycles. The van der Waals surface area contributed by atoms with E-state index < -0.39 is 0 Å². The van der Waals surface area contributed by atoms with Crippen molar-refractivity contribution in [3.63, 3.8) is 0 Å². The maximum atomic E-state index is 12.0. The molecular weight excluding hydrogens is 509 g/mol. The smallest absolute Gasteiger partial charge is 0.251 e. The Hall–Kier alpha value is -1.68. The summed E-state index contributed by atoms with van der Waals surface area (Å²) in [5.74, 6) is 0.605. The lowest BCUT2D eigenvalue weighted by atomic mass is 10.2. The van der Waals surface area contributed by atoms with Gasteiger partial charge in [0.1, 0.15) is 0 Å². The molecule has 0 fully saturated rings. The minimum atomic E-state index is -0.0961. The number of aliphatic imine (C=N–C) groups is 1. The van der Waals surface area contributed by atoms with Crippen LogP contribution in [0.15, 0.2) is 58.1 Å². The molecule has 0 atom stereocenters. The van der Waals surface area contributed by atoms with Gasteiger partial charge in [-0.25, -0.2) is 0 Å². The van der Waals surface area contributed by atoms with Gasteiger partial charge in [0.25, 0.3) is 5.91 Å². The van der Waals surface area contributed by atoms with E-state index in [1.807, 2.05) is 30.3 Å². The first-order valence-electron chi connectivity index (χ1n) is 8.07. The van der Waals surface area contributed by atoms with Crippen molar-refractivity contribution in [3.8, 4) is 0 Å². The first-order chi connectivity index (χ1) is 12.2. The van der Waals surface area contributed by atoms with E-state index in [-0.39, 0.29) is 29.9 Å². The number of aromatic nitrogens is 1. The summed E-state index contributed by atoms with van der Waals surface area (Å²) in [5, 5.41) is 9.27. The topological polar surface area (TPSA) is 78.4 Å². The lowest BCUT2D eigenvalue weighted by Crippen LogP contribution is -2.42. The van der Waals surface area contributed by atoms with Crippen molar-refractivity contribution in [1.82, 2.24) is 20.9 Å². The van der Waals surface area contributed by atoms with E-state index in [2.05, 4.69) is 41.9 Å². The monoisotopic (exact) mass is 531 g/mol. The van der Waals surface area contributed by atoms with Gasteiger partial charge in [0.15, 0.2) is 5.96 Å². The fraction of sp³-hybridized carbons (Fsp3) is 0.278. The van der Waals surface area contributed by atoms with Gasteiger partial charge >= 0.3 is 0 Å². The third-order valence-corrected chi connectivity index (χ3v) is 3.91. The molecule has 26 heavy (non-hydrogen) atoms. The van der Waals surface area contributed by atoms with Gasteiger partial charge in [-0.2, -0.15) is 0 Å². The van der Waals surface area contributed by atoms with Crippen molar-refractivity contribution in [1.29, 1.82) is 0 Å². The summed E-state index contributed by atoms with van der Waals surface area (Å²) in [7, 11) is 1.72. The molecule has 0 bridgehead atoms. The highest BCUT2D eigenvalue weighted by Gasteiger charge is 2.05. The lowest BCUT2D eigenvalue weighted by molar-refractivity contribution is 0.0954. The van der Waals surface area contributed by atoms with Crippen LogP contribution in [0, 0.1) is 0 Å². The molecule has 0 unspecified atom stereocenters. The number of benzene rings is 1. The van der Waals surface area contributed by atoms with Gasteiger partial charge in [-0.05, 0) is 30.3 Å². The summed E-state index contributed by atoms with van der Waals surface area (Å²) in [6, 6.07) is 13.2. The number of hydrogen-bond acceptors (Lipinski definition) is 3. The third kappa shape index (κ3) is 8.13. The number of amides is 1. The van der Waals surface area contributed by atoms with Crippen LogP contribution in [0.5, 0.6) is 0 Å². The van der Waals surface area contributed by atoms with Gasteiger partial charge in [0, 0.05) is 55.0 Å². The number of guanidine groups is 1. The van der Waals surface area contributed by atoms with Crippen molar-refractivity contribution in [2.75, 3.05) is 26.7 Å². The van der Waals surface area contributed by atoms with E-state index in [1.165, 1.54) is 0 Å². The van der Waals surface area contributed by atoms with E-state index in [0.29, 0.717) is 24.6 Å². The first-order valence-corrected chi connectivity index (χ1v) is 8.86. The minimum Gasteiger partial charge on any atom is -0.356 e. The van der Waals surface area contributed by atoms with Crippen LogP contribution in [0.4, 0.5) is 0 Å². The van der Waals surface area contributed by atoms with E-state index in [9.17, 15) is 4.79 Å². The number of carbonyl (C=O) groups is 1. The summed E-state index contributed by atoms with van der Waals surface area (Å²) in [6.07, 6.45) is 2.61. The second-order valence-corrected chi connectivity index (χ2v) is 6.18. The highest BCUT2D eigenvalue weighted by Crippen LogP contribution is 2.11. The zero-order chi connectivity index (χ0) is 17.9. The number of carbonyl (C=O) groups excluding carboxylic acids is 1. The average molecular weight is 532 g/mol. The van der Waals surface area contributed by atoms with Crippen molar-refractivity contribution in [2.24, 2.45) is 4.99 Å². The number of hydrogen-bond donors (Lipinski definition) is 3. The van der Waals surface area contributed by atoms with Crippen molar-refractivity contribution in [3.05, 3.63) is 64.4 Å². The van der Waals surface area contributed by atoms with Crippen LogP contribution in [0.2, 0.25) is 0 Å². The quantitative estimate of drug-likeness (QED) is 0.222. The maximum absolute atomic E-state index is 12.0. The van der Waals surface area contributed by atoms with Gasteiger partial charge in [-0.15, -0.1) is 24.0 Å². The number of nitrogens with one attached hydrogen (secondary N) is 3. The van der Waals surface area contributed by atoms with Crippen LogP contribution in [0.3, 0.4) is 0 Å². The zero-order valence-corrected chi connectivity index (χ0v) is 18.5. The molecule has 1 aromatic carbocycles. The molecule has 0 aliphatic rings. The molecule has 6 nitrogen and oxygen atoms in total. The Labute approximate surface area is 179 Å². The fourth-order valence-electron chi connectivity index (χ4n) is 2.16. The van der Waals surface area contributed by atoms with Gasteiger partial charge in [-0.3, -0.25) is 14.8 Å². The standard InChI is InChI=1S/C18H22BrN5O.HI/c1-20-18(23-10-8-16-7-2-3-9-21-16)24-12-11-22-17(25)14-5-4-6-15(19)13-14;/h2-7,9,13H,8,10-12H2,1H3,(H,22,25)(H2,20,23,24);1H. The van der Waals surface area contributed by atoms with Crippen molar-refractivity contribution in [2.45, 2.75) is 6.42 Å². The average Bonchev–Trinajstić information content (AvgIpc) is 2.64. The Morgan fingerprint density at radius 2 is 1.85 bits per heavy atom. The molecule has 0 saturated carbocycles. The Morgan fingerprint density at radius 1 is 1.08 bits per heavy atom. The van der Waals surface area contributed by atoms with E-state index in [4.69, 9.17) is 0 Å². The molecule has 2 rings (SSSR count). The second kappa shape index (κ2) is 12.6. The molecule has 8 heteroatoms. The van der Waals surface area contributed by atoms with E-state index >= 15 is 0 Å². The molecule has 1 amide bonds. The summed E-state index contributed by atoms with van der Waals surface area (Å²) >= 11 is 3.36. The molecular formula is C18H23BrIN5O. The zero-order valence-electron chi connectivity index (χ0n) is 14.5. The predicted molar refractivity (Wildman–Crippen MR) is 119 cm³/mol. The fourth-order valence-corrected chi connectivity index (χ4v) is 2.56. The maximum Gasteiger partial charge on any atom is 0.251 e. The van der Waals surface area contributed by atoms with Gasteiger partial charge < -0.3 is 16.0 Å². The molecule has 1 heterocycles. The van der Waals surface area contributed by atoms with Crippen LogP contribution in [0.1, 0.15) is 16.1 Å². The van der Waals surface area contributed by atoms with Gasteiger partial charge in [0.2, 0.25) is 0 Å². The highest BCUT2D eigenvalue weighted by molar-refractivity contribution is 14.0. The predicted octanol–water partition coefficient (Wildman–Crippen LogP) is 2.60. The second-order valence-electron chi connectivity index (χ2n) is 5.26. The Balaban J connectivity index is 0.00000338. The van der Waals surface area contributed by atoms with E-state index in [0.717, 1.165) is 23.1 Å². The molecule has 0 aliphatic carbocycles. The largest absolute Gasteiger partial charge is 0.356 e. The summed E-state index contributed by atoms with van der Waals surface area (Å²) in [6.45, 7) is 1.83. The molecule has 1 aromatic heterocycles. The molecule has 3 N–H and O–H groups in total. The number of halogens is 2. The molecule has 2 aromatic rings. The number of rotatable bonds is 7. The summed E-state index contributed by atoms with van der Waals surface area (Å²) < 4.78 is 0.885. The number of nitrogens with zero attached hydrogens (tertiary/aromatic N) is 2. The normalized spacial score (nSPS) is 10.6. The van der Waals surface area contributed by atoms with Gasteiger partial charge in [-0.1, -0.05) is 28.1 Å². The Bertz CT molecular complexity index is 712. The van der Waals surface area contributed by atoms with Crippen molar-refractivity contribution < 1.29 is 4.79 Å². The lowest BCUT2D eigenvalue weighted by Gasteiger charge is -2.12. The third-order valence-electron chi connectivity index (χ3n) is 3.41. The van der Waals surface area contributed by atoms with Crippen LogP contribution >= 0.6 is 39.9 Å². The Morgan fingerprint density at radius 3 is 2.54 bits per heavy atom. The first kappa shape index (κ1) is 22.4. The van der Waals surface area contributed by atoms with Crippen LogP contribution in [-0.2, 0) is 6.42 Å². The molecule has 0 saturated heterocycles.